The number of hydrogen-bond acceptors (Lipinski definition) is 4. The molecule has 1 aromatic rings. The highest BCUT2D eigenvalue weighted by Gasteiger charge is 2.05. The maximum Gasteiger partial charge on any atom is 0.221 e. The van der Waals surface area contributed by atoms with Crippen LogP contribution in [0.3, 0.4) is 0 Å². The Hall–Kier alpha value is -1.78. The molecular weight excluding hydrogens is 252 g/mol. The van der Waals surface area contributed by atoms with Crippen molar-refractivity contribution in [3.8, 4) is 0 Å². The molecule has 3 N–H and O–H groups in total. The molecule has 0 radical (unpaired) electrons. The van der Waals surface area contributed by atoms with Crippen LogP contribution in [0.4, 0.5) is 11.4 Å². The summed E-state index contributed by atoms with van der Waals surface area (Å²) in [6.07, 6.45) is 6.07. The summed E-state index contributed by atoms with van der Waals surface area (Å²) in [4.78, 5) is 15.8. The molecule has 0 aromatic carbocycles. The maximum absolute atomic E-state index is 11.6. The first-order valence-electron chi connectivity index (χ1n) is 7.37. The van der Waals surface area contributed by atoms with E-state index in [4.69, 9.17) is 0 Å². The summed E-state index contributed by atoms with van der Waals surface area (Å²) in [5.74, 6) is 0.0834. The van der Waals surface area contributed by atoms with Crippen molar-refractivity contribution >= 4 is 17.3 Å². The van der Waals surface area contributed by atoms with E-state index in [9.17, 15) is 4.79 Å². The van der Waals surface area contributed by atoms with Gasteiger partial charge in [-0.05, 0) is 25.8 Å². The standard InChI is InChI=1S/C15H26N4O/c1-4-7-17-13-9-14(11-16-10-13)18-8-6-15(20)19-12(3)5-2/h9-12,17-18H,4-8H2,1-3H3,(H,19,20). The molecule has 1 atom stereocenters. The minimum atomic E-state index is 0.0834. The van der Waals surface area contributed by atoms with Crippen molar-refractivity contribution in [2.75, 3.05) is 23.7 Å². The Balaban J connectivity index is 2.32. The highest BCUT2D eigenvalue weighted by atomic mass is 16.1. The van der Waals surface area contributed by atoms with Crippen molar-refractivity contribution in [2.45, 2.75) is 46.1 Å². The molecule has 0 spiro atoms. The Labute approximate surface area is 121 Å². The number of aromatic nitrogens is 1. The second-order valence-corrected chi connectivity index (χ2v) is 4.94. The van der Waals surface area contributed by atoms with E-state index in [2.05, 4.69) is 34.8 Å². The Kier molecular flexibility index (Phi) is 7.47. The normalized spacial score (nSPS) is 11.8. The van der Waals surface area contributed by atoms with E-state index in [0.29, 0.717) is 13.0 Å². The first kappa shape index (κ1) is 16.3. The molecule has 1 amide bonds. The second kappa shape index (κ2) is 9.18. The fourth-order valence-electron chi connectivity index (χ4n) is 1.67. The molecular formula is C15H26N4O. The summed E-state index contributed by atoms with van der Waals surface area (Å²) in [6.45, 7) is 7.74. The van der Waals surface area contributed by atoms with Crippen LogP contribution in [0.15, 0.2) is 18.5 Å². The van der Waals surface area contributed by atoms with Crippen molar-refractivity contribution in [3.05, 3.63) is 18.5 Å². The SMILES string of the molecule is CCCNc1cncc(NCCC(=O)NC(C)CC)c1. The van der Waals surface area contributed by atoms with Crippen molar-refractivity contribution in [1.82, 2.24) is 10.3 Å². The van der Waals surface area contributed by atoms with E-state index >= 15 is 0 Å². The van der Waals surface area contributed by atoms with Gasteiger partial charge in [-0.25, -0.2) is 0 Å². The van der Waals surface area contributed by atoms with Gasteiger partial charge in [0.2, 0.25) is 5.91 Å². The zero-order valence-electron chi connectivity index (χ0n) is 12.7. The first-order valence-corrected chi connectivity index (χ1v) is 7.37. The Morgan fingerprint density at radius 3 is 2.45 bits per heavy atom. The van der Waals surface area contributed by atoms with E-state index in [1.165, 1.54) is 0 Å². The van der Waals surface area contributed by atoms with Crippen LogP contribution in [0.1, 0.15) is 40.0 Å². The molecule has 0 fully saturated rings. The van der Waals surface area contributed by atoms with Crippen LogP contribution in [0.5, 0.6) is 0 Å². The lowest BCUT2D eigenvalue weighted by Gasteiger charge is -2.12. The van der Waals surface area contributed by atoms with Gasteiger partial charge in [0.1, 0.15) is 0 Å². The van der Waals surface area contributed by atoms with E-state index in [1.54, 1.807) is 12.4 Å². The van der Waals surface area contributed by atoms with E-state index in [1.807, 2.05) is 13.0 Å². The fraction of sp³-hybridized carbons (Fsp3) is 0.600. The first-order chi connectivity index (χ1) is 9.65. The molecule has 1 unspecified atom stereocenters. The van der Waals surface area contributed by atoms with Crippen molar-refractivity contribution in [2.24, 2.45) is 0 Å². The molecule has 0 aliphatic heterocycles. The van der Waals surface area contributed by atoms with Crippen molar-refractivity contribution in [3.63, 3.8) is 0 Å². The lowest BCUT2D eigenvalue weighted by Crippen LogP contribution is -2.32. The molecule has 0 aliphatic rings. The Morgan fingerprint density at radius 1 is 1.20 bits per heavy atom. The molecule has 0 aliphatic carbocycles. The number of nitrogens with one attached hydrogen (secondary N) is 3. The van der Waals surface area contributed by atoms with E-state index < -0.39 is 0 Å². The van der Waals surface area contributed by atoms with Gasteiger partial charge in [-0.15, -0.1) is 0 Å². The number of carbonyl (C=O) groups excluding carboxylic acids is 1. The van der Waals surface area contributed by atoms with Crippen LogP contribution >= 0.6 is 0 Å². The van der Waals surface area contributed by atoms with Crippen LogP contribution in [0, 0.1) is 0 Å². The van der Waals surface area contributed by atoms with Crippen LogP contribution in [0.2, 0.25) is 0 Å². The number of carbonyl (C=O) groups is 1. The lowest BCUT2D eigenvalue weighted by molar-refractivity contribution is -0.121. The lowest BCUT2D eigenvalue weighted by atomic mass is 10.2. The molecule has 0 saturated heterocycles. The quantitative estimate of drug-likeness (QED) is 0.649. The van der Waals surface area contributed by atoms with Gasteiger partial charge in [-0.2, -0.15) is 0 Å². The summed E-state index contributed by atoms with van der Waals surface area (Å²) in [5.41, 5.74) is 1.93. The van der Waals surface area contributed by atoms with Gasteiger partial charge >= 0.3 is 0 Å². The van der Waals surface area contributed by atoms with Crippen LogP contribution in [0.25, 0.3) is 0 Å². The van der Waals surface area contributed by atoms with Gasteiger partial charge in [0, 0.05) is 25.6 Å². The Morgan fingerprint density at radius 2 is 1.85 bits per heavy atom. The largest absolute Gasteiger partial charge is 0.384 e. The monoisotopic (exact) mass is 278 g/mol. The van der Waals surface area contributed by atoms with Crippen LogP contribution in [-0.4, -0.2) is 30.0 Å². The van der Waals surface area contributed by atoms with Gasteiger partial charge in [0.05, 0.1) is 23.8 Å². The zero-order valence-corrected chi connectivity index (χ0v) is 12.7. The number of rotatable bonds is 9. The fourth-order valence-corrected chi connectivity index (χ4v) is 1.67. The minimum absolute atomic E-state index is 0.0834. The minimum Gasteiger partial charge on any atom is -0.384 e. The molecule has 1 heterocycles. The molecule has 5 nitrogen and oxygen atoms in total. The number of nitrogens with zero attached hydrogens (tertiary/aromatic N) is 1. The van der Waals surface area contributed by atoms with Crippen molar-refractivity contribution < 1.29 is 4.79 Å². The van der Waals surface area contributed by atoms with Crippen LogP contribution in [-0.2, 0) is 4.79 Å². The van der Waals surface area contributed by atoms with Gasteiger partial charge in [-0.3, -0.25) is 9.78 Å². The average molecular weight is 278 g/mol. The molecule has 0 saturated carbocycles. The molecule has 20 heavy (non-hydrogen) atoms. The predicted octanol–water partition coefficient (Wildman–Crippen LogP) is 2.62. The highest BCUT2D eigenvalue weighted by Crippen LogP contribution is 2.12. The third-order valence-electron chi connectivity index (χ3n) is 3.02. The van der Waals surface area contributed by atoms with E-state index in [-0.39, 0.29) is 11.9 Å². The highest BCUT2D eigenvalue weighted by molar-refractivity contribution is 5.76. The zero-order chi connectivity index (χ0) is 14.8. The number of pyridine rings is 1. The van der Waals surface area contributed by atoms with Gasteiger partial charge in [0.25, 0.3) is 0 Å². The van der Waals surface area contributed by atoms with Gasteiger partial charge < -0.3 is 16.0 Å². The summed E-state index contributed by atoms with van der Waals surface area (Å²) in [7, 11) is 0. The predicted molar refractivity (Wildman–Crippen MR) is 84.0 cm³/mol. The van der Waals surface area contributed by atoms with Gasteiger partial charge in [0.15, 0.2) is 0 Å². The molecule has 0 bridgehead atoms. The second-order valence-electron chi connectivity index (χ2n) is 4.94. The summed E-state index contributed by atoms with van der Waals surface area (Å²) in [6, 6.07) is 2.25. The van der Waals surface area contributed by atoms with Gasteiger partial charge in [-0.1, -0.05) is 13.8 Å². The molecule has 5 heteroatoms. The number of amides is 1. The summed E-state index contributed by atoms with van der Waals surface area (Å²) in [5, 5.41) is 9.45. The number of hydrogen-bond donors (Lipinski definition) is 3. The van der Waals surface area contributed by atoms with Crippen molar-refractivity contribution in [1.29, 1.82) is 0 Å². The third kappa shape index (κ3) is 6.41. The topological polar surface area (TPSA) is 66.0 Å². The van der Waals surface area contributed by atoms with E-state index in [0.717, 1.165) is 30.8 Å². The average Bonchev–Trinajstić information content (AvgIpc) is 2.45. The summed E-state index contributed by atoms with van der Waals surface area (Å²) < 4.78 is 0. The molecule has 1 rings (SSSR count). The third-order valence-corrected chi connectivity index (χ3v) is 3.02. The smallest absolute Gasteiger partial charge is 0.221 e. The molecule has 1 aromatic heterocycles. The maximum atomic E-state index is 11.6. The summed E-state index contributed by atoms with van der Waals surface area (Å²) >= 11 is 0. The number of anilines is 2. The Bertz CT molecular complexity index is 409. The van der Waals surface area contributed by atoms with Crippen LogP contribution < -0.4 is 16.0 Å². The molecule has 112 valence electrons.